The molecule has 4 aromatic heterocycles. The van der Waals surface area contributed by atoms with Gasteiger partial charge in [0.25, 0.3) is 0 Å². The Kier molecular flexibility index (Phi) is 4.45. The molecule has 0 aliphatic heterocycles. The van der Waals surface area contributed by atoms with E-state index in [0.717, 1.165) is 70.9 Å². The number of amides is 1. The fourth-order valence-electron chi connectivity index (χ4n) is 6.54. The number of pyridine rings is 1. The first-order chi connectivity index (χ1) is 18.0. The van der Waals surface area contributed by atoms with Crippen molar-refractivity contribution in [1.82, 2.24) is 34.6 Å². The molecule has 1 aromatic carbocycles. The van der Waals surface area contributed by atoms with Crippen molar-refractivity contribution in [3.63, 3.8) is 0 Å². The van der Waals surface area contributed by atoms with Crippen LogP contribution in [0.4, 0.5) is 10.6 Å². The molecule has 182 valence electrons. The second kappa shape index (κ2) is 7.64. The van der Waals surface area contributed by atoms with E-state index in [1.165, 1.54) is 11.0 Å². The van der Waals surface area contributed by atoms with E-state index in [-0.39, 0.29) is 17.1 Å². The van der Waals surface area contributed by atoms with Crippen molar-refractivity contribution in [2.24, 2.45) is 0 Å². The number of para-hydroxylation sites is 1. The van der Waals surface area contributed by atoms with Gasteiger partial charge in [0.05, 0.1) is 10.9 Å². The maximum absolute atomic E-state index is 12.9. The Balaban J connectivity index is 1.38. The summed E-state index contributed by atoms with van der Waals surface area (Å²) in [5.41, 5.74) is 9.90. The second-order valence-electron chi connectivity index (χ2n) is 10.1. The Morgan fingerprint density at radius 1 is 1.11 bits per heavy atom. The van der Waals surface area contributed by atoms with E-state index >= 15 is 0 Å². The number of hydrogen-bond acceptors (Lipinski definition) is 6. The third-order valence-electron chi connectivity index (χ3n) is 8.16. The molecule has 9 heteroatoms. The minimum absolute atomic E-state index is 0.216. The summed E-state index contributed by atoms with van der Waals surface area (Å²) in [4.78, 5) is 26.5. The topological polar surface area (TPSA) is 117 Å². The monoisotopic (exact) mass is 488 g/mol. The number of nitrogens with two attached hydrogens (primary N) is 1. The summed E-state index contributed by atoms with van der Waals surface area (Å²) in [6, 6.07) is 11.6. The summed E-state index contributed by atoms with van der Waals surface area (Å²) < 4.78 is 3.53. The molecule has 0 radical (unpaired) electrons. The zero-order valence-corrected chi connectivity index (χ0v) is 20.1. The number of fused-ring (bicyclic) bond motifs is 4. The molecular formula is C28H24N8O. The number of anilines is 1. The van der Waals surface area contributed by atoms with Gasteiger partial charge in [0, 0.05) is 46.2 Å². The lowest BCUT2D eigenvalue weighted by atomic mass is 9.90. The number of nitrogens with zero attached hydrogens (tertiary/aromatic N) is 6. The predicted octanol–water partition coefficient (Wildman–Crippen LogP) is 4.08. The third-order valence-corrected chi connectivity index (χ3v) is 8.16. The van der Waals surface area contributed by atoms with Crippen molar-refractivity contribution in [3.8, 4) is 23.5 Å². The number of benzene rings is 1. The summed E-state index contributed by atoms with van der Waals surface area (Å²) in [6.45, 7) is 0. The van der Waals surface area contributed by atoms with Crippen LogP contribution >= 0.6 is 0 Å². The number of carbonyl (C=O) groups is 1. The van der Waals surface area contributed by atoms with Gasteiger partial charge in [-0.3, -0.25) is 4.98 Å². The van der Waals surface area contributed by atoms with E-state index in [9.17, 15) is 4.79 Å². The van der Waals surface area contributed by atoms with Gasteiger partial charge in [-0.05, 0) is 50.3 Å². The standard InChI is InChI=1S/C28H24N8O/c1-2-21-22(19-14-18-6-3-4-7-20(18)30-15-19)23-24(29)31-17-32-25(23)36(21)28-10-8-27(16-28,9-11-28)34-26(37)35-13-5-12-33-35/h1,3-7,12-15,17H,8-11,16H2,(H,34,37)(H2,29,31,32). The smallest absolute Gasteiger partial charge is 0.342 e. The van der Waals surface area contributed by atoms with Crippen LogP contribution in [0.5, 0.6) is 0 Å². The van der Waals surface area contributed by atoms with Crippen molar-refractivity contribution in [3.05, 3.63) is 67.0 Å². The normalized spacial score (nSPS) is 22.5. The molecule has 5 aromatic rings. The highest BCUT2D eigenvalue weighted by Gasteiger charge is 2.57. The number of rotatable bonds is 3. The number of hydrogen-bond donors (Lipinski definition) is 2. The first-order valence-corrected chi connectivity index (χ1v) is 12.3. The Morgan fingerprint density at radius 3 is 2.73 bits per heavy atom. The highest BCUT2D eigenvalue weighted by atomic mass is 16.2. The predicted molar refractivity (Wildman–Crippen MR) is 141 cm³/mol. The van der Waals surface area contributed by atoms with Gasteiger partial charge in [-0.2, -0.15) is 9.78 Å². The van der Waals surface area contributed by atoms with Crippen LogP contribution in [-0.2, 0) is 5.54 Å². The molecule has 4 heterocycles. The lowest BCUT2D eigenvalue weighted by Crippen LogP contribution is -2.47. The van der Waals surface area contributed by atoms with Crippen LogP contribution < -0.4 is 11.1 Å². The molecular weight excluding hydrogens is 464 g/mol. The average Bonchev–Trinajstić information content (AvgIpc) is 3.70. The highest BCUT2D eigenvalue weighted by Crippen LogP contribution is 2.57. The quantitative estimate of drug-likeness (QED) is 0.370. The van der Waals surface area contributed by atoms with Crippen molar-refractivity contribution in [1.29, 1.82) is 0 Å². The van der Waals surface area contributed by atoms with Crippen LogP contribution in [0.1, 0.15) is 37.8 Å². The molecule has 2 aliphatic carbocycles. The lowest BCUT2D eigenvalue weighted by molar-refractivity contribution is 0.222. The van der Waals surface area contributed by atoms with E-state index in [2.05, 4.69) is 36.9 Å². The highest BCUT2D eigenvalue weighted by molar-refractivity contribution is 6.04. The van der Waals surface area contributed by atoms with Crippen molar-refractivity contribution in [2.75, 3.05) is 5.73 Å². The minimum Gasteiger partial charge on any atom is -0.383 e. The van der Waals surface area contributed by atoms with Gasteiger partial charge in [-0.1, -0.05) is 24.1 Å². The zero-order valence-electron chi connectivity index (χ0n) is 20.1. The maximum Gasteiger partial charge on any atom is 0.342 e. The van der Waals surface area contributed by atoms with Gasteiger partial charge in [-0.15, -0.1) is 6.42 Å². The van der Waals surface area contributed by atoms with Crippen molar-refractivity contribution in [2.45, 2.75) is 43.2 Å². The van der Waals surface area contributed by atoms with E-state index in [4.69, 9.17) is 17.1 Å². The summed E-state index contributed by atoms with van der Waals surface area (Å²) in [5.74, 6) is 3.35. The lowest BCUT2D eigenvalue weighted by Gasteiger charge is -2.30. The third kappa shape index (κ3) is 3.08. The Labute approximate surface area is 212 Å². The molecule has 2 fully saturated rings. The van der Waals surface area contributed by atoms with Crippen LogP contribution in [0.15, 0.2) is 61.3 Å². The fourth-order valence-corrected chi connectivity index (χ4v) is 6.54. The molecule has 0 spiro atoms. The van der Waals surface area contributed by atoms with Crippen LogP contribution in [0.3, 0.4) is 0 Å². The molecule has 1 amide bonds. The number of aromatic nitrogens is 6. The molecule has 37 heavy (non-hydrogen) atoms. The maximum atomic E-state index is 12.9. The first kappa shape index (κ1) is 21.6. The largest absolute Gasteiger partial charge is 0.383 e. The van der Waals surface area contributed by atoms with Crippen LogP contribution in [0, 0.1) is 12.3 Å². The Hall–Kier alpha value is -4.71. The van der Waals surface area contributed by atoms with E-state index < -0.39 is 0 Å². The second-order valence-corrected chi connectivity index (χ2v) is 10.1. The Bertz CT molecular complexity index is 1740. The summed E-state index contributed by atoms with van der Waals surface area (Å²) in [7, 11) is 0. The van der Waals surface area contributed by atoms with E-state index in [1.54, 1.807) is 18.5 Å². The van der Waals surface area contributed by atoms with Crippen molar-refractivity contribution < 1.29 is 4.79 Å². The molecule has 7 rings (SSSR count). The Morgan fingerprint density at radius 2 is 1.95 bits per heavy atom. The van der Waals surface area contributed by atoms with Gasteiger partial charge in [0.1, 0.15) is 23.5 Å². The number of nitrogen functional groups attached to an aromatic ring is 1. The zero-order chi connectivity index (χ0) is 25.2. The molecule has 0 atom stereocenters. The summed E-state index contributed by atoms with van der Waals surface area (Å²) >= 11 is 0. The average molecular weight is 489 g/mol. The molecule has 3 N–H and O–H groups in total. The summed E-state index contributed by atoms with van der Waals surface area (Å²) in [5, 5.41) is 9.11. The van der Waals surface area contributed by atoms with Gasteiger partial charge in [0.2, 0.25) is 0 Å². The molecule has 0 unspecified atom stereocenters. The van der Waals surface area contributed by atoms with Crippen LogP contribution in [0.2, 0.25) is 0 Å². The van der Waals surface area contributed by atoms with Gasteiger partial charge >= 0.3 is 6.03 Å². The van der Waals surface area contributed by atoms with Gasteiger partial charge < -0.3 is 15.6 Å². The fraction of sp³-hybridized carbons (Fsp3) is 0.250. The van der Waals surface area contributed by atoms with E-state index in [0.29, 0.717) is 5.82 Å². The molecule has 9 nitrogen and oxygen atoms in total. The van der Waals surface area contributed by atoms with E-state index in [1.807, 2.05) is 30.5 Å². The minimum atomic E-state index is -0.325. The SMILES string of the molecule is C#Cc1c(-c2cnc3ccccc3c2)c2c(N)ncnc2n1C12CCC(NC(=O)n3cccn3)(CC1)C2. The van der Waals surface area contributed by atoms with Gasteiger partial charge in [-0.25, -0.2) is 14.8 Å². The number of carbonyl (C=O) groups excluding carboxylic acids is 1. The number of terminal acetylenes is 1. The molecule has 2 bridgehead atoms. The van der Waals surface area contributed by atoms with Crippen LogP contribution in [-0.4, -0.2) is 40.9 Å². The number of nitrogens with one attached hydrogen (secondary N) is 1. The molecule has 2 aliphatic rings. The summed E-state index contributed by atoms with van der Waals surface area (Å²) in [6.07, 6.45) is 17.0. The first-order valence-electron chi connectivity index (χ1n) is 12.3. The molecule has 2 saturated carbocycles. The van der Waals surface area contributed by atoms with Gasteiger partial charge in [0.15, 0.2) is 0 Å². The van der Waals surface area contributed by atoms with Crippen LogP contribution in [0.25, 0.3) is 33.1 Å². The van der Waals surface area contributed by atoms with Crippen molar-refractivity contribution >= 4 is 33.8 Å². The molecule has 0 saturated heterocycles.